The summed E-state index contributed by atoms with van der Waals surface area (Å²) in [6.45, 7) is 9.68. The van der Waals surface area contributed by atoms with Crippen LogP contribution in [0.1, 0.15) is 58.9 Å². The zero-order valence-electron chi connectivity index (χ0n) is 19.4. The number of hydrogen-bond donors (Lipinski definition) is 1. The molecule has 1 saturated carbocycles. The highest BCUT2D eigenvalue weighted by Gasteiger charge is 2.51. The Hall–Kier alpha value is -2.28. The van der Waals surface area contributed by atoms with Crippen molar-refractivity contribution in [3.05, 3.63) is 23.8 Å². The van der Waals surface area contributed by atoms with Crippen LogP contribution in [0.25, 0.3) is 0 Å². The maximum Gasteiger partial charge on any atom is 0.303 e. The van der Waals surface area contributed by atoms with E-state index in [2.05, 4.69) is 0 Å². The van der Waals surface area contributed by atoms with E-state index in [4.69, 9.17) is 14.2 Å². The summed E-state index contributed by atoms with van der Waals surface area (Å²) in [4.78, 5) is 26.3. The molecule has 0 aromatic heterocycles. The van der Waals surface area contributed by atoms with Crippen molar-refractivity contribution < 1.29 is 28.9 Å². The molecule has 0 bridgehead atoms. The van der Waals surface area contributed by atoms with Gasteiger partial charge in [-0.05, 0) is 57.2 Å². The molecule has 3 rings (SSSR count). The Morgan fingerprint density at radius 2 is 1.97 bits per heavy atom. The van der Waals surface area contributed by atoms with E-state index in [0.29, 0.717) is 37.1 Å². The van der Waals surface area contributed by atoms with Crippen molar-refractivity contribution in [3.63, 3.8) is 0 Å². The van der Waals surface area contributed by atoms with E-state index in [1.165, 1.54) is 19.8 Å². The zero-order valence-corrected chi connectivity index (χ0v) is 19.4. The van der Waals surface area contributed by atoms with Crippen molar-refractivity contribution >= 4 is 11.9 Å². The number of aliphatic hydroxyl groups is 1. The van der Waals surface area contributed by atoms with E-state index in [1.807, 2.05) is 25.1 Å². The van der Waals surface area contributed by atoms with Crippen molar-refractivity contribution in [2.24, 2.45) is 11.3 Å². The number of esters is 1. The average molecular weight is 434 g/mol. The molecular formula is C24H35NO6. The van der Waals surface area contributed by atoms with Gasteiger partial charge in [-0.2, -0.15) is 0 Å². The minimum atomic E-state index is -1.27. The summed E-state index contributed by atoms with van der Waals surface area (Å²) in [7, 11) is 1.62. The fourth-order valence-electron chi connectivity index (χ4n) is 4.38. The van der Waals surface area contributed by atoms with Crippen LogP contribution in [0.4, 0.5) is 0 Å². The van der Waals surface area contributed by atoms with Gasteiger partial charge in [0.2, 0.25) is 0 Å². The van der Waals surface area contributed by atoms with E-state index < -0.39 is 23.1 Å². The molecule has 1 aliphatic carbocycles. The monoisotopic (exact) mass is 433 g/mol. The number of nitrogens with zero attached hydrogens (tertiary/aromatic N) is 1. The van der Waals surface area contributed by atoms with E-state index in [1.54, 1.807) is 32.8 Å². The molecule has 1 N–H and O–H groups in total. The standard InChI is InChI=1S/C24H35NO6/c1-15(26)24(5)14-25(22(28)23(3,4)31-16(2)27)12-19(24)18-9-10-20(29-6)21(11-18)30-13-17-7-8-17/h9-11,15,17,19,26H,7-8,12-14H2,1-6H3. The molecule has 1 heterocycles. The lowest BCUT2D eigenvalue weighted by Crippen LogP contribution is -2.48. The summed E-state index contributed by atoms with van der Waals surface area (Å²) < 4.78 is 16.8. The van der Waals surface area contributed by atoms with Gasteiger partial charge in [-0.15, -0.1) is 0 Å². The number of carbonyl (C=O) groups is 2. The van der Waals surface area contributed by atoms with Gasteiger partial charge in [0.25, 0.3) is 5.91 Å². The second-order valence-corrected chi connectivity index (χ2v) is 9.69. The van der Waals surface area contributed by atoms with Gasteiger partial charge in [0, 0.05) is 31.3 Å². The molecule has 31 heavy (non-hydrogen) atoms. The van der Waals surface area contributed by atoms with Crippen LogP contribution in [0.15, 0.2) is 18.2 Å². The summed E-state index contributed by atoms with van der Waals surface area (Å²) in [6, 6.07) is 5.82. The van der Waals surface area contributed by atoms with Gasteiger partial charge in [0.1, 0.15) is 0 Å². The van der Waals surface area contributed by atoms with Gasteiger partial charge in [0.15, 0.2) is 17.1 Å². The number of carbonyl (C=O) groups excluding carboxylic acids is 2. The van der Waals surface area contributed by atoms with Crippen LogP contribution in [0.3, 0.4) is 0 Å². The Morgan fingerprint density at radius 3 is 2.52 bits per heavy atom. The van der Waals surface area contributed by atoms with Crippen LogP contribution >= 0.6 is 0 Å². The highest BCUT2D eigenvalue weighted by atomic mass is 16.6. The average Bonchev–Trinajstić information content (AvgIpc) is 3.45. The molecule has 1 amide bonds. The molecule has 1 aromatic carbocycles. The first-order chi connectivity index (χ1) is 14.5. The largest absolute Gasteiger partial charge is 0.493 e. The molecule has 1 saturated heterocycles. The van der Waals surface area contributed by atoms with Crippen molar-refractivity contribution in [2.75, 3.05) is 26.8 Å². The van der Waals surface area contributed by atoms with Crippen molar-refractivity contribution in [3.8, 4) is 11.5 Å². The lowest BCUT2D eigenvalue weighted by Gasteiger charge is -2.34. The summed E-state index contributed by atoms with van der Waals surface area (Å²) in [6.07, 6.45) is 1.74. The third kappa shape index (κ3) is 4.97. The molecule has 2 aliphatic rings. The van der Waals surface area contributed by atoms with Gasteiger partial charge >= 0.3 is 5.97 Å². The molecule has 7 nitrogen and oxygen atoms in total. The van der Waals surface area contributed by atoms with Crippen LogP contribution in [-0.2, 0) is 14.3 Å². The van der Waals surface area contributed by atoms with E-state index in [-0.39, 0.29) is 11.8 Å². The lowest BCUT2D eigenvalue weighted by atomic mass is 9.72. The van der Waals surface area contributed by atoms with Crippen LogP contribution in [0.2, 0.25) is 0 Å². The number of hydrogen-bond acceptors (Lipinski definition) is 6. The maximum absolute atomic E-state index is 13.2. The van der Waals surface area contributed by atoms with Gasteiger partial charge in [0.05, 0.1) is 19.8 Å². The smallest absolute Gasteiger partial charge is 0.303 e. The number of rotatable bonds is 8. The molecular weight excluding hydrogens is 398 g/mol. The number of ether oxygens (including phenoxy) is 3. The second kappa shape index (κ2) is 8.69. The molecule has 7 heteroatoms. The predicted octanol–water partition coefficient (Wildman–Crippen LogP) is 3.14. The molecule has 172 valence electrons. The Balaban J connectivity index is 1.88. The molecule has 1 aromatic rings. The van der Waals surface area contributed by atoms with Crippen LogP contribution < -0.4 is 9.47 Å². The minimum absolute atomic E-state index is 0.112. The maximum atomic E-state index is 13.2. The highest BCUT2D eigenvalue weighted by molar-refractivity contribution is 5.87. The first-order valence-corrected chi connectivity index (χ1v) is 11.0. The third-order valence-corrected chi connectivity index (χ3v) is 6.65. The first-order valence-electron chi connectivity index (χ1n) is 11.0. The zero-order chi connectivity index (χ0) is 23.0. The number of amides is 1. The molecule has 3 atom stereocenters. The summed E-state index contributed by atoms with van der Waals surface area (Å²) >= 11 is 0. The SMILES string of the molecule is COc1ccc(C2CN(C(=O)C(C)(C)OC(C)=O)CC2(C)C(C)O)cc1OCC1CC1. The summed E-state index contributed by atoms with van der Waals surface area (Å²) in [5.74, 6) is 1.09. The molecule has 3 unspecified atom stereocenters. The van der Waals surface area contributed by atoms with Crippen LogP contribution in [0, 0.1) is 11.3 Å². The Morgan fingerprint density at radius 1 is 1.29 bits per heavy atom. The van der Waals surface area contributed by atoms with Crippen LogP contribution in [0.5, 0.6) is 11.5 Å². The van der Waals surface area contributed by atoms with Crippen molar-refractivity contribution in [1.29, 1.82) is 0 Å². The van der Waals surface area contributed by atoms with Gasteiger partial charge in [-0.3, -0.25) is 9.59 Å². The predicted molar refractivity (Wildman–Crippen MR) is 116 cm³/mol. The number of methoxy groups -OCH3 is 1. The first kappa shape index (κ1) is 23.4. The van der Waals surface area contributed by atoms with E-state index >= 15 is 0 Å². The van der Waals surface area contributed by atoms with E-state index in [0.717, 1.165) is 5.56 Å². The molecule has 0 spiro atoms. The number of aliphatic hydroxyl groups excluding tert-OH is 1. The lowest BCUT2D eigenvalue weighted by molar-refractivity contribution is -0.168. The van der Waals surface area contributed by atoms with E-state index in [9.17, 15) is 14.7 Å². The minimum Gasteiger partial charge on any atom is -0.493 e. The van der Waals surface area contributed by atoms with Crippen molar-refractivity contribution in [1.82, 2.24) is 4.90 Å². The quantitative estimate of drug-likeness (QED) is 0.634. The summed E-state index contributed by atoms with van der Waals surface area (Å²) in [5.41, 5.74) is -0.848. The molecule has 1 aliphatic heterocycles. The second-order valence-electron chi connectivity index (χ2n) is 9.69. The van der Waals surface area contributed by atoms with Crippen molar-refractivity contribution in [2.45, 2.75) is 65.1 Å². The van der Waals surface area contributed by atoms with Gasteiger partial charge < -0.3 is 24.2 Å². The summed E-state index contributed by atoms with van der Waals surface area (Å²) in [5, 5.41) is 10.7. The number of likely N-dealkylation sites (tertiary alicyclic amines) is 1. The highest BCUT2D eigenvalue weighted by Crippen LogP contribution is 2.47. The Kier molecular flexibility index (Phi) is 6.56. The Labute approximate surface area is 184 Å². The topological polar surface area (TPSA) is 85.3 Å². The third-order valence-electron chi connectivity index (χ3n) is 6.65. The Bertz CT molecular complexity index is 831. The fraction of sp³-hybridized carbons (Fsp3) is 0.667. The van der Waals surface area contributed by atoms with Crippen LogP contribution in [-0.4, -0.2) is 60.4 Å². The van der Waals surface area contributed by atoms with Gasteiger partial charge in [-0.1, -0.05) is 13.0 Å². The fourth-order valence-corrected chi connectivity index (χ4v) is 4.38. The van der Waals surface area contributed by atoms with Gasteiger partial charge in [-0.25, -0.2) is 0 Å². The molecule has 0 radical (unpaired) electrons. The number of benzene rings is 1. The normalized spacial score (nSPS) is 24.6. The molecule has 2 fully saturated rings.